The summed E-state index contributed by atoms with van der Waals surface area (Å²) in [6, 6.07) is 6.99. The van der Waals surface area contributed by atoms with Crippen LogP contribution in [-0.4, -0.2) is 28.8 Å². The van der Waals surface area contributed by atoms with Crippen LogP contribution in [0.2, 0.25) is 5.02 Å². The molecule has 0 fully saturated rings. The lowest BCUT2D eigenvalue weighted by molar-refractivity contribution is 0.0929. The van der Waals surface area contributed by atoms with Crippen LogP contribution in [0.4, 0.5) is 0 Å². The highest BCUT2D eigenvalue weighted by Gasteiger charge is 2.19. The van der Waals surface area contributed by atoms with Crippen molar-refractivity contribution in [1.29, 1.82) is 0 Å². The zero-order valence-corrected chi connectivity index (χ0v) is 15.3. The number of halogens is 1. The highest BCUT2D eigenvalue weighted by Crippen LogP contribution is 2.16. The summed E-state index contributed by atoms with van der Waals surface area (Å²) < 4.78 is 5.72. The molecular weight excluding hydrogens is 342 g/mol. The van der Waals surface area contributed by atoms with Gasteiger partial charge in [0.2, 0.25) is 0 Å². The van der Waals surface area contributed by atoms with Gasteiger partial charge in [-0.2, -0.15) is 5.10 Å². The number of carbonyl (C=O) groups excluding carboxylic acids is 1. The molecule has 1 amide bonds. The predicted octanol–water partition coefficient (Wildman–Crippen LogP) is 2.75. The second-order valence-corrected chi connectivity index (χ2v) is 6.09. The van der Waals surface area contributed by atoms with Crippen LogP contribution >= 0.6 is 11.6 Å². The molecule has 0 aliphatic heterocycles. The summed E-state index contributed by atoms with van der Waals surface area (Å²) in [7, 11) is 0. The smallest absolute Gasteiger partial charge is 0.277 e. The summed E-state index contributed by atoms with van der Waals surface area (Å²) in [6.07, 6.45) is 0.956. The van der Waals surface area contributed by atoms with Gasteiger partial charge in [-0.3, -0.25) is 9.59 Å². The molecule has 0 spiro atoms. The van der Waals surface area contributed by atoms with Gasteiger partial charge in [-0.15, -0.1) is 0 Å². The van der Waals surface area contributed by atoms with Crippen LogP contribution in [0, 0.1) is 0 Å². The van der Waals surface area contributed by atoms with Gasteiger partial charge in [-0.1, -0.05) is 25.4 Å². The van der Waals surface area contributed by atoms with Crippen LogP contribution in [0.3, 0.4) is 0 Å². The quantitative estimate of drug-likeness (QED) is 0.792. The summed E-state index contributed by atoms with van der Waals surface area (Å²) in [4.78, 5) is 24.5. The molecule has 2 aromatic rings. The van der Waals surface area contributed by atoms with Gasteiger partial charge in [0, 0.05) is 5.02 Å². The molecule has 0 radical (unpaired) electrons. The van der Waals surface area contributed by atoms with E-state index in [1.165, 1.54) is 0 Å². The van der Waals surface area contributed by atoms with Crippen molar-refractivity contribution in [3.05, 3.63) is 56.5 Å². The lowest BCUT2D eigenvalue weighted by Gasteiger charge is -2.16. The van der Waals surface area contributed by atoms with E-state index >= 15 is 0 Å². The number of ether oxygens (including phenoxy) is 1. The van der Waals surface area contributed by atoms with E-state index < -0.39 is 11.5 Å². The summed E-state index contributed by atoms with van der Waals surface area (Å²) in [5.41, 5.74) is 1.08. The van der Waals surface area contributed by atoms with Crippen molar-refractivity contribution < 1.29 is 9.53 Å². The molecule has 0 aliphatic rings. The van der Waals surface area contributed by atoms with Crippen LogP contribution in [-0.2, 0) is 12.8 Å². The Labute approximate surface area is 151 Å². The Morgan fingerprint density at radius 1 is 1.28 bits per heavy atom. The van der Waals surface area contributed by atoms with E-state index in [0.717, 1.165) is 5.69 Å². The molecule has 0 unspecified atom stereocenters. The second kappa shape index (κ2) is 8.67. The maximum Gasteiger partial charge on any atom is 0.277 e. The number of H-pyrrole nitrogens is 1. The monoisotopic (exact) mass is 363 g/mol. The number of benzene rings is 1. The number of nitrogens with one attached hydrogen (secondary N) is 2. The largest absolute Gasteiger partial charge is 0.489 e. The maximum absolute atomic E-state index is 12.5. The van der Waals surface area contributed by atoms with Gasteiger partial charge in [0.25, 0.3) is 11.5 Å². The fourth-order valence-electron chi connectivity index (χ4n) is 2.55. The SMILES string of the molecule is CCc1n[nH]c(=O)c(C(=O)NC[C@@H](C)Oc2ccc(Cl)cc2)c1CC. The summed E-state index contributed by atoms with van der Waals surface area (Å²) in [5, 5.41) is 9.80. The molecule has 0 aliphatic carbocycles. The van der Waals surface area contributed by atoms with Gasteiger partial charge >= 0.3 is 0 Å². The minimum Gasteiger partial charge on any atom is -0.489 e. The van der Waals surface area contributed by atoms with E-state index in [2.05, 4.69) is 15.5 Å². The van der Waals surface area contributed by atoms with Gasteiger partial charge in [-0.25, -0.2) is 5.10 Å². The molecule has 6 nitrogen and oxygen atoms in total. The highest BCUT2D eigenvalue weighted by molar-refractivity contribution is 6.30. The van der Waals surface area contributed by atoms with Crippen LogP contribution < -0.4 is 15.6 Å². The summed E-state index contributed by atoms with van der Waals surface area (Å²) in [5.74, 6) is 0.247. The van der Waals surface area contributed by atoms with E-state index in [9.17, 15) is 9.59 Å². The molecule has 1 aromatic heterocycles. The molecule has 134 valence electrons. The van der Waals surface area contributed by atoms with Gasteiger partial charge in [0.1, 0.15) is 17.4 Å². The van der Waals surface area contributed by atoms with Crippen molar-refractivity contribution in [2.45, 2.75) is 39.7 Å². The molecule has 25 heavy (non-hydrogen) atoms. The van der Waals surface area contributed by atoms with Crippen molar-refractivity contribution in [1.82, 2.24) is 15.5 Å². The van der Waals surface area contributed by atoms with Crippen molar-refractivity contribution in [2.75, 3.05) is 6.54 Å². The lowest BCUT2D eigenvalue weighted by atomic mass is 10.0. The normalized spacial score (nSPS) is 11.8. The van der Waals surface area contributed by atoms with E-state index in [4.69, 9.17) is 16.3 Å². The molecule has 0 bridgehead atoms. The van der Waals surface area contributed by atoms with E-state index in [0.29, 0.717) is 29.2 Å². The van der Waals surface area contributed by atoms with Crippen LogP contribution in [0.5, 0.6) is 5.75 Å². The molecule has 1 atom stereocenters. The third-order valence-corrected chi connectivity index (χ3v) is 4.04. The minimum atomic E-state index is -0.474. The number of amides is 1. The van der Waals surface area contributed by atoms with Crippen molar-refractivity contribution in [2.24, 2.45) is 0 Å². The summed E-state index contributed by atoms with van der Waals surface area (Å²) >= 11 is 5.84. The average Bonchev–Trinajstić information content (AvgIpc) is 2.61. The van der Waals surface area contributed by atoms with Crippen LogP contribution in [0.15, 0.2) is 29.1 Å². The molecule has 0 saturated heterocycles. The fourth-order valence-corrected chi connectivity index (χ4v) is 2.67. The van der Waals surface area contributed by atoms with Crippen molar-refractivity contribution in [3.63, 3.8) is 0 Å². The number of hydrogen-bond donors (Lipinski definition) is 2. The van der Waals surface area contributed by atoms with Crippen molar-refractivity contribution in [3.8, 4) is 5.75 Å². The topological polar surface area (TPSA) is 84.1 Å². The number of carbonyl (C=O) groups is 1. The zero-order valence-electron chi connectivity index (χ0n) is 14.6. The van der Waals surface area contributed by atoms with E-state index in [1.807, 2.05) is 20.8 Å². The third kappa shape index (κ3) is 4.82. The Morgan fingerprint density at radius 3 is 2.56 bits per heavy atom. The first-order chi connectivity index (χ1) is 12.0. The van der Waals surface area contributed by atoms with Gasteiger partial charge in [-0.05, 0) is 49.6 Å². The first-order valence-corrected chi connectivity index (χ1v) is 8.64. The Balaban J connectivity index is 2.05. The number of nitrogens with zero attached hydrogens (tertiary/aromatic N) is 1. The van der Waals surface area contributed by atoms with Crippen LogP contribution in [0.25, 0.3) is 0 Å². The molecular formula is C18H22ClN3O3. The van der Waals surface area contributed by atoms with Gasteiger partial charge in [0.05, 0.1) is 12.2 Å². The number of aromatic nitrogens is 2. The molecule has 7 heteroatoms. The van der Waals surface area contributed by atoms with Gasteiger partial charge in [0.15, 0.2) is 0 Å². The van der Waals surface area contributed by atoms with Crippen LogP contribution in [0.1, 0.15) is 42.4 Å². The Hall–Kier alpha value is -2.34. The Bertz CT molecular complexity index is 787. The summed E-state index contributed by atoms with van der Waals surface area (Å²) in [6.45, 7) is 5.94. The Kier molecular flexibility index (Phi) is 6.58. The first-order valence-electron chi connectivity index (χ1n) is 8.27. The van der Waals surface area contributed by atoms with Gasteiger partial charge < -0.3 is 10.1 Å². The van der Waals surface area contributed by atoms with E-state index in [-0.39, 0.29) is 18.2 Å². The third-order valence-electron chi connectivity index (χ3n) is 3.79. The van der Waals surface area contributed by atoms with Crippen molar-refractivity contribution >= 4 is 17.5 Å². The highest BCUT2D eigenvalue weighted by atomic mass is 35.5. The minimum absolute atomic E-state index is 0.132. The molecule has 2 rings (SSSR count). The molecule has 1 heterocycles. The fraction of sp³-hybridized carbons (Fsp3) is 0.389. The number of aromatic amines is 1. The standard InChI is InChI=1S/C18H22ClN3O3/c1-4-14-15(5-2)21-22-18(24)16(14)17(23)20-10-11(3)25-13-8-6-12(19)7-9-13/h6-9,11H,4-5,10H2,1-3H3,(H,20,23)(H,22,24)/t11-/m1/s1. The number of aryl methyl sites for hydroxylation is 1. The molecule has 1 aromatic carbocycles. The second-order valence-electron chi connectivity index (χ2n) is 5.65. The average molecular weight is 364 g/mol. The Morgan fingerprint density at radius 2 is 1.96 bits per heavy atom. The zero-order chi connectivity index (χ0) is 18.4. The van der Waals surface area contributed by atoms with E-state index in [1.54, 1.807) is 24.3 Å². The predicted molar refractivity (Wildman–Crippen MR) is 97.5 cm³/mol. The lowest BCUT2D eigenvalue weighted by Crippen LogP contribution is -2.37. The first kappa shape index (κ1) is 19.0. The number of hydrogen-bond acceptors (Lipinski definition) is 4. The molecule has 2 N–H and O–H groups in total. The maximum atomic E-state index is 12.5. The number of rotatable bonds is 7. The molecule has 0 saturated carbocycles.